The van der Waals surface area contributed by atoms with Crippen molar-refractivity contribution in [2.24, 2.45) is 5.10 Å². The van der Waals surface area contributed by atoms with Gasteiger partial charge in [0.2, 0.25) is 0 Å². The zero-order valence-electron chi connectivity index (χ0n) is 14.2. The standard InChI is InChI=1S/C19H21N3O3/c1-13(2)21-22-19(25)17(12-14-8-10-16(23)11-9-14)20-18(24)15-6-4-3-5-7-15/h3-11,17,23H,12H2,1-2H3,(H,20,24)(H,22,25). The second-order valence-corrected chi connectivity index (χ2v) is 5.80. The van der Waals surface area contributed by atoms with Crippen LogP contribution in [0.2, 0.25) is 0 Å². The first-order valence-electron chi connectivity index (χ1n) is 7.90. The molecule has 6 nitrogen and oxygen atoms in total. The fourth-order valence-electron chi connectivity index (χ4n) is 2.15. The molecule has 6 heteroatoms. The number of amides is 2. The Hall–Kier alpha value is -3.15. The summed E-state index contributed by atoms with van der Waals surface area (Å²) in [5.74, 6) is -0.598. The van der Waals surface area contributed by atoms with Crippen LogP contribution in [0.4, 0.5) is 0 Å². The summed E-state index contributed by atoms with van der Waals surface area (Å²) >= 11 is 0. The summed E-state index contributed by atoms with van der Waals surface area (Å²) < 4.78 is 0. The maximum Gasteiger partial charge on any atom is 0.262 e. The largest absolute Gasteiger partial charge is 0.508 e. The fraction of sp³-hybridized carbons (Fsp3) is 0.211. The van der Waals surface area contributed by atoms with Crippen molar-refractivity contribution in [2.45, 2.75) is 26.3 Å². The molecule has 0 aliphatic heterocycles. The molecule has 1 atom stereocenters. The Morgan fingerprint density at radius 1 is 1.04 bits per heavy atom. The first-order chi connectivity index (χ1) is 12.0. The third-order valence-corrected chi connectivity index (χ3v) is 3.42. The molecule has 3 N–H and O–H groups in total. The van der Waals surface area contributed by atoms with Gasteiger partial charge in [0.15, 0.2) is 0 Å². The minimum Gasteiger partial charge on any atom is -0.508 e. The van der Waals surface area contributed by atoms with E-state index in [1.165, 1.54) is 12.1 Å². The Balaban J connectivity index is 2.15. The van der Waals surface area contributed by atoms with Gasteiger partial charge in [0, 0.05) is 17.7 Å². The lowest BCUT2D eigenvalue weighted by molar-refractivity contribution is -0.122. The van der Waals surface area contributed by atoms with Gasteiger partial charge in [-0.05, 0) is 43.7 Å². The third kappa shape index (κ3) is 5.76. The van der Waals surface area contributed by atoms with E-state index in [1.54, 1.807) is 50.2 Å². The lowest BCUT2D eigenvalue weighted by atomic mass is 10.0. The van der Waals surface area contributed by atoms with E-state index in [9.17, 15) is 14.7 Å². The molecule has 0 spiro atoms. The van der Waals surface area contributed by atoms with Gasteiger partial charge < -0.3 is 10.4 Å². The maximum absolute atomic E-state index is 12.4. The van der Waals surface area contributed by atoms with Crippen molar-refractivity contribution in [2.75, 3.05) is 0 Å². The molecular weight excluding hydrogens is 318 g/mol. The molecule has 2 amide bonds. The van der Waals surface area contributed by atoms with Gasteiger partial charge in [0.25, 0.3) is 11.8 Å². The average Bonchev–Trinajstić information content (AvgIpc) is 2.61. The molecule has 0 heterocycles. The molecule has 2 aromatic carbocycles. The van der Waals surface area contributed by atoms with Crippen molar-refractivity contribution < 1.29 is 14.7 Å². The number of carbonyl (C=O) groups is 2. The summed E-state index contributed by atoms with van der Waals surface area (Å²) in [6.45, 7) is 3.52. The average molecular weight is 339 g/mol. The molecule has 0 aliphatic rings. The fourth-order valence-corrected chi connectivity index (χ4v) is 2.15. The number of hydrogen-bond acceptors (Lipinski definition) is 4. The van der Waals surface area contributed by atoms with Crippen molar-refractivity contribution >= 4 is 17.5 Å². The van der Waals surface area contributed by atoms with Crippen LogP contribution >= 0.6 is 0 Å². The number of phenolic OH excluding ortho intramolecular Hbond substituents is 1. The quantitative estimate of drug-likeness (QED) is 0.557. The smallest absolute Gasteiger partial charge is 0.262 e. The van der Waals surface area contributed by atoms with Crippen LogP contribution in [0, 0.1) is 0 Å². The molecule has 130 valence electrons. The first-order valence-corrected chi connectivity index (χ1v) is 7.90. The molecule has 0 aliphatic carbocycles. The Morgan fingerprint density at radius 2 is 1.68 bits per heavy atom. The van der Waals surface area contributed by atoms with Crippen LogP contribution in [0.1, 0.15) is 29.8 Å². The molecule has 0 radical (unpaired) electrons. The van der Waals surface area contributed by atoms with Crippen molar-refractivity contribution in [3.63, 3.8) is 0 Å². The molecule has 0 saturated carbocycles. The molecule has 25 heavy (non-hydrogen) atoms. The number of nitrogens with one attached hydrogen (secondary N) is 2. The van der Waals surface area contributed by atoms with Gasteiger partial charge in [0.05, 0.1) is 0 Å². The van der Waals surface area contributed by atoms with Gasteiger partial charge in [-0.25, -0.2) is 5.43 Å². The Bertz CT molecular complexity index is 751. The van der Waals surface area contributed by atoms with Gasteiger partial charge in [-0.2, -0.15) is 5.10 Å². The van der Waals surface area contributed by atoms with Crippen LogP contribution in [0.3, 0.4) is 0 Å². The first kappa shape index (κ1) is 18.2. The molecule has 2 rings (SSSR count). The number of hydrazone groups is 1. The van der Waals surface area contributed by atoms with Gasteiger partial charge in [-0.3, -0.25) is 9.59 Å². The molecule has 0 saturated heterocycles. The highest BCUT2D eigenvalue weighted by Gasteiger charge is 2.21. The van der Waals surface area contributed by atoms with Crippen LogP contribution in [-0.2, 0) is 11.2 Å². The lowest BCUT2D eigenvalue weighted by Gasteiger charge is -2.17. The Labute approximate surface area is 146 Å². The predicted molar refractivity (Wildman–Crippen MR) is 96.4 cm³/mol. The summed E-state index contributed by atoms with van der Waals surface area (Å²) in [6, 6.07) is 14.4. The van der Waals surface area contributed by atoms with Gasteiger partial charge in [-0.1, -0.05) is 30.3 Å². The molecule has 2 aromatic rings. The Kier molecular flexibility index (Phi) is 6.28. The summed E-state index contributed by atoms with van der Waals surface area (Å²) in [7, 11) is 0. The van der Waals surface area contributed by atoms with E-state index in [-0.39, 0.29) is 18.1 Å². The van der Waals surface area contributed by atoms with E-state index in [0.717, 1.165) is 5.56 Å². The van der Waals surface area contributed by atoms with Crippen LogP contribution in [0.5, 0.6) is 5.75 Å². The van der Waals surface area contributed by atoms with Crippen molar-refractivity contribution in [1.29, 1.82) is 0 Å². The Morgan fingerprint density at radius 3 is 2.28 bits per heavy atom. The summed E-state index contributed by atoms with van der Waals surface area (Å²) in [6.07, 6.45) is 0.281. The molecule has 0 bridgehead atoms. The molecular formula is C19H21N3O3. The van der Waals surface area contributed by atoms with Crippen molar-refractivity contribution in [3.8, 4) is 5.75 Å². The zero-order chi connectivity index (χ0) is 18.2. The number of nitrogens with zero attached hydrogens (tertiary/aromatic N) is 1. The monoisotopic (exact) mass is 339 g/mol. The number of phenols is 1. The number of carbonyl (C=O) groups excluding carboxylic acids is 2. The molecule has 0 aromatic heterocycles. The summed E-state index contributed by atoms with van der Waals surface area (Å²) in [4.78, 5) is 24.8. The number of benzene rings is 2. The van der Waals surface area contributed by atoms with Crippen molar-refractivity contribution in [3.05, 3.63) is 65.7 Å². The van der Waals surface area contributed by atoms with E-state index in [4.69, 9.17) is 0 Å². The van der Waals surface area contributed by atoms with Gasteiger partial charge in [0.1, 0.15) is 11.8 Å². The van der Waals surface area contributed by atoms with Crippen LogP contribution in [0.15, 0.2) is 59.7 Å². The van der Waals surface area contributed by atoms with Crippen molar-refractivity contribution in [1.82, 2.24) is 10.7 Å². The molecule has 0 fully saturated rings. The van der Waals surface area contributed by atoms with Crippen LogP contribution < -0.4 is 10.7 Å². The summed E-state index contributed by atoms with van der Waals surface area (Å²) in [5, 5.41) is 16.0. The van der Waals surface area contributed by atoms with E-state index < -0.39 is 11.9 Å². The predicted octanol–water partition coefficient (Wildman–Crippen LogP) is 2.25. The highest BCUT2D eigenvalue weighted by molar-refractivity contribution is 5.97. The number of aromatic hydroxyl groups is 1. The van der Waals surface area contributed by atoms with Crippen LogP contribution in [-0.4, -0.2) is 28.7 Å². The topological polar surface area (TPSA) is 90.8 Å². The van der Waals surface area contributed by atoms with E-state index in [2.05, 4.69) is 15.8 Å². The van der Waals surface area contributed by atoms with Gasteiger partial charge >= 0.3 is 0 Å². The molecule has 1 unspecified atom stereocenters. The van der Waals surface area contributed by atoms with E-state index in [0.29, 0.717) is 11.3 Å². The SMILES string of the molecule is CC(C)=NNC(=O)C(Cc1ccc(O)cc1)NC(=O)c1ccccc1. The zero-order valence-corrected chi connectivity index (χ0v) is 14.2. The van der Waals surface area contributed by atoms with Crippen LogP contribution in [0.25, 0.3) is 0 Å². The number of hydrogen-bond donors (Lipinski definition) is 3. The highest BCUT2D eigenvalue weighted by Crippen LogP contribution is 2.12. The minimum absolute atomic E-state index is 0.143. The maximum atomic E-state index is 12.4. The second kappa shape index (κ2) is 8.63. The second-order valence-electron chi connectivity index (χ2n) is 5.80. The summed E-state index contributed by atoms with van der Waals surface area (Å²) in [5.41, 5.74) is 4.44. The van der Waals surface area contributed by atoms with E-state index in [1.807, 2.05) is 6.07 Å². The van der Waals surface area contributed by atoms with E-state index >= 15 is 0 Å². The minimum atomic E-state index is -0.791. The highest BCUT2D eigenvalue weighted by atomic mass is 16.3. The third-order valence-electron chi connectivity index (χ3n) is 3.42. The lowest BCUT2D eigenvalue weighted by Crippen LogP contribution is -2.47. The van der Waals surface area contributed by atoms with Gasteiger partial charge in [-0.15, -0.1) is 0 Å². The normalized spacial score (nSPS) is 11.3. The number of rotatable bonds is 6.